The van der Waals surface area contributed by atoms with Crippen LogP contribution in [0.25, 0.3) is 5.69 Å². The molecule has 0 unspecified atom stereocenters. The van der Waals surface area contributed by atoms with Gasteiger partial charge in [-0.05, 0) is 50.3 Å². The average Bonchev–Trinajstić information content (AvgIpc) is 3.29. The maximum atomic E-state index is 13.6. The summed E-state index contributed by atoms with van der Waals surface area (Å²) in [5, 5.41) is 13.8. The van der Waals surface area contributed by atoms with Gasteiger partial charge in [0.25, 0.3) is 5.91 Å². The summed E-state index contributed by atoms with van der Waals surface area (Å²) >= 11 is 0. The summed E-state index contributed by atoms with van der Waals surface area (Å²) in [6.45, 7) is 0.428. The Kier molecular flexibility index (Phi) is 3.78. The molecule has 2 heterocycles. The number of halogens is 1. The summed E-state index contributed by atoms with van der Waals surface area (Å²) in [5.41, 5.74) is 2.67. The molecule has 1 aliphatic carbocycles. The average molecular weight is 343 g/mol. The molecule has 2 aromatic rings. The van der Waals surface area contributed by atoms with Crippen LogP contribution in [0.1, 0.15) is 41.0 Å². The van der Waals surface area contributed by atoms with E-state index in [-0.39, 0.29) is 11.7 Å². The first-order valence-corrected chi connectivity index (χ1v) is 8.47. The molecule has 1 aromatic heterocycles. The number of amides is 1. The molecule has 1 N–H and O–H groups in total. The van der Waals surface area contributed by atoms with Gasteiger partial charge in [0, 0.05) is 17.8 Å². The summed E-state index contributed by atoms with van der Waals surface area (Å²) < 4.78 is 15.2. The number of carbonyl (C=O) groups is 2. The highest BCUT2D eigenvalue weighted by Crippen LogP contribution is 2.30. The fraction of sp³-hybridized carbons (Fsp3) is 0.389. The normalized spacial score (nSPS) is 19.2. The Labute approximate surface area is 143 Å². The quantitative estimate of drug-likeness (QED) is 0.927. The number of carboxylic acids is 1. The highest BCUT2D eigenvalue weighted by atomic mass is 19.1. The molecule has 2 aliphatic rings. The zero-order valence-electron chi connectivity index (χ0n) is 13.6. The lowest BCUT2D eigenvalue weighted by Gasteiger charge is -2.20. The summed E-state index contributed by atoms with van der Waals surface area (Å²) in [6, 6.07) is 5.31. The van der Waals surface area contributed by atoms with Crippen LogP contribution in [-0.4, -0.2) is 44.3 Å². The summed E-state index contributed by atoms with van der Waals surface area (Å²) in [4.78, 5) is 25.7. The number of benzene rings is 1. The summed E-state index contributed by atoms with van der Waals surface area (Å²) in [5.74, 6) is -1.68. The maximum absolute atomic E-state index is 13.6. The van der Waals surface area contributed by atoms with E-state index < -0.39 is 12.0 Å². The van der Waals surface area contributed by atoms with Crippen molar-refractivity contribution in [1.29, 1.82) is 0 Å². The molecule has 0 radical (unpaired) electrons. The number of carbonyl (C=O) groups excluding carboxylic acids is 1. The second kappa shape index (κ2) is 5.98. The van der Waals surface area contributed by atoms with Crippen LogP contribution in [0.3, 0.4) is 0 Å². The molecule has 0 spiro atoms. The van der Waals surface area contributed by atoms with E-state index >= 15 is 0 Å². The van der Waals surface area contributed by atoms with E-state index in [2.05, 4.69) is 5.10 Å². The van der Waals surface area contributed by atoms with Gasteiger partial charge in [0.2, 0.25) is 0 Å². The van der Waals surface area contributed by atoms with Crippen molar-refractivity contribution in [2.75, 3.05) is 6.54 Å². The standard InChI is InChI=1S/C18H18FN3O3/c19-11-4-1-5-12(10-11)22-14-7-2-6-13(14)16(20-22)17(23)21-9-3-8-15(21)18(24)25/h1,4-5,10,15H,2-3,6-9H2,(H,24,25)/t15-/m1/s1. The number of rotatable bonds is 3. The molecule has 1 saturated heterocycles. The Bertz CT molecular complexity index is 861. The number of nitrogens with zero attached hydrogens (tertiary/aromatic N) is 3. The third-order valence-corrected chi connectivity index (χ3v) is 4.98. The molecule has 1 atom stereocenters. The lowest BCUT2D eigenvalue weighted by atomic mass is 10.1. The Morgan fingerprint density at radius 1 is 1.24 bits per heavy atom. The van der Waals surface area contributed by atoms with Gasteiger partial charge in [0.15, 0.2) is 5.69 Å². The second-order valence-electron chi connectivity index (χ2n) is 6.51. The minimum Gasteiger partial charge on any atom is -0.480 e. The SMILES string of the molecule is O=C(O)[C@H]1CCCN1C(=O)c1nn(-c2cccc(F)c2)c2c1CCC2. The zero-order chi connectivity index (χ0) is 17.6. The van der Waals surface area contributed by atoms with Gasteiger partial charge in [0.05, 0.1) is 5.69 Å². The van der Waals surface area contributed by atoms with Crippen LogP contribution in [-0.2, 0) is 17.6 Å². The minimum atomic E-state index is -0.980. The van der Waals surface area contributed by atoms with Gasteiger partial charge in [-0.1, -0.05) is 6.07 Å². The van der Waals surface area contributed by atoms with Gasteiger partial charge < -0.3 is 10.0 Å². The first kappa shape index (κ1) is 15.8. The maximum Gasteiger partial charge on any atom is 0.326 e. The van der Waals surface area contributed by atoms with Crippen LogP contribution in [0.2, 0.25) is 0 Å². The second-order valence-corrected chi connectivity index (χ2v) is 6.51. The van der Waals surface area contributed by atoms with Crippen molar-refractivity contribution in [3.05, 3.63) is 47.0 Å². The molecule has 25 heavy (non-hydrogen) atoms. The number of hydrogen-bond acceptors (Lipinski definition) is 3. The fourth-order valence-corrected chi connectivity index (χ4v) is 3.83. The van der Waals surface area contributed by atoms with E-state index in [1.54, 1.807) is 16.8 Å². The molecule has 1 aromatic carbocycles. The van der Waals surface area contributed by atoms with Gasteiger partial charge in [-0.15, -0.1) is 0 Å². The predicted octanol–water partition coefficient (Wildman–Crippen LogP) is 2.19. The van der Waals surface area contributed by atoms with Crippen LogP contribution < -0.4 is 0 Å². The number of aromatic nitrogens is 2. The highest BCUT2D eigenvalue weighted by molar-refractivity contribution is 5.97. The summed E-state index contributed by atoms with van der Waals surface area (Å²) in [6.07, 6.45) is 3.56. The molecule has 1 amide bonds. The van der Waals surface area contributed by atoms with Crippen molar-refractivity contribution < 1.29 is 19.1 Å². The molecule has 6 nitrogen and oxygen atoms in total. The Morgan fingerprint density at radius 3 is 2.84 bits per heavy atom. The largest absolute Gasteiger partial charge is 0.480 e. The molecular weight excluding hydrogens is 325 g/mol. The van der Waals surface area contributed by atoms with Crippen LogP contribution in [0.15, 0.2) is 24.3 Å². The van der Waals surface area contributed by atoms with E-state index in [1.165, 1.54) is 17.0 Å². The first-order valence-electron chi connectivity index (χ1n) is 8.47. The van der Waals surface area contributed by atoms with E-state index in [0.29, 0.717) is 30.8 Å². The molecule has 1 fully saturated rings. The zero-order valence-corrected chi connectivity index (χ0v) is 13.6. The van der Waals surface area contributed by atoms with Gasteiger partial charge in [-0.2, -0.15) is 5.10 Å². The number of carboxylic acid groups (broad SMARTS) is 1. The van der Waals surface area contributed by atoms with E-state index in [0.717, 1.165) is 30.5 Å². The monoisotopic (exact) mass is 343 g/mol. The predicted molar refractivity (Wildman–Crippen MR) is 87.2 cm³/mol. The molecule has 1 aliphatic heterocycles. The van der Waals surface area contributed by atoms with Crippen LogP contribution >= 0.6 is 0 Å². The number of fused-ring (bicyclic) bond motifs is 1. The first-order chi connectivity index (χ1) is 12.1. The van der Waals surface area contributed by atoms with E-state index in [9.17, 15) is 19.1 Å². The smallest absolute Gasteiger partial charge is 0.326 e. The molecule has 4 rings (SSSR count). The highest BCUT2D eigenvalue weighted by Gasteiger charge is 2.37. The lowest BCUT2D eigenvalue weighted by molar-refractivity contribution is -0.141. The third kappa shape index (κ3) is 2.59. The van der Waals surface area contributed by atoms with Gasteiger partial charge in [0.1, 0.15) is 11.9 Å². The van der Waals surface area contributed by atoms with Crippen molar-refractivity contribution in [3.8, 4) is 5.69 Å². The molecule has 0 bridgehead atoms. The Balaban J connectivity index is 1.75. The minimum absolute atomic E-state index is 0.310. The van der Waals surface area contributed by atoms with Crippen LogP contribution in [0.5, 0.6) is 0 Å². The van der Waals surface area contributed by atoms with Crippen LogP contribution in [0, 0.1) is 5.82 Å². The number of hydrogen-bond donors (Lipinski definition) is 1. The van der Waals surface area contributed by atoms with Gasteiger partial charge in [-0.25, -0.2) is 13.9 Å². The Morgan fingerprint density at radius 2 is 2.08 bits per heavy atom. The van der Waals surface area contributed by atoms with Gasteiger partial charge in [-0.3, -0.25) is 4.79 Å². The lowest BCUT2D eigenvalue weighted by Crippen LogP contribution is -2.40. The van der Waals surface area contributed by atoms with Crippen molar-refractivity contribution in [2.24, 2.45) is 0 Å². The number of likely N-dealkylation sites (tertiary alicyclic amines) is 1. The third-order valence-electron chi connectivity index (χ3n) is 4.98. The van der Waals surface area contributed by atoms with E-state index in [4.69, 9.17) is 0 Å². The molecule has 7 heteroatoms. The van der Waals surface area contributed by atoms with E-state index in [1.807, 2.05) is 0 Å². The van der Waals surface area contributed by atoms with Crippen molar-refractivity contribution >= 4 is 11.9 Å². The van der Waals surface area contributed by atoms with Crippen molar-refractivity contribution in [3.63, 3.8) is 0 Å². The summed E-state index contributed by atoms with van der Waals surface area (Å²) in [7, 11) is 0. The molecule has 0 saturated carbocycles. The molecule has 130 valence electrons. The van der Waals surface area contributed by atoms with Crippen LogP contribution in [0.4, 0.5) is 4.39 Å². The Hall–Kier alpha value is -2.70. The van der Waals surface area contributed by atoms with Gasteiger partial charge >= 0.3 is 5.97 Å². The van der Waals surface area contributed by atoms with Crippen molar-refractivity contribution in [2.45, 2.75) is 38.1 Å². The fourth-order valence-electron chi connectivity index (χ4n) is 3.83. The number of aliphatic carboxylic acids is 1. The molecular formula is C18H18FN3O3. The van der Waals surface area contributed by atoms with Crippen molar-refractivity contribution in [1.82, 2.24) is 14.7 Å². The topological polar surface area (TPSA) is 75.4 Å².